The molecule has 0 bridgehead atoms. The van der Waals surface area contributed by atoms with Crippen LogP contribution in [0.1, 0.15) is 23.3 Å². The minimum Gasteiger partial charge on any atom is -0.476 e. The molecular weight excluding hydrogens is 238 g/mol. The fourth-order valence-electron chi connectivity index (χ4n) is 2.06. The van der Waals surface area contributed by atoms with Gasteiger partial charge >= 0.3 is 5.97 Å². The molecule has 1 saturated heterocycles. The number of thiazole rings is 1. The van der Waals surface area contributed by atoms with E-state index in [2.05, 4.69) is 21.8 Å². The number of aromatic carboxylic acids is 1. The molecule has 17 heavy (non-hydrogen) atoms. The molecule has 0 spiro atoms. The van der Waals surface area contributed by atoms with Crippen molar-refractivity contribution in [2.45, 2.75) is 18.9 Å². The van der Waals surface area contributed by atoms with Crippen molar-refractivity contribution in [3.05, 3.63) is 11.1 Å². The first kappa shape index (κ1) is 12.3. The van der Waals surface area contributed by atoms with Crippen LogP contribution in [0.25, 0.3) is 0 Å². The zero-order chi connectivity index (χ0) is 12.4. The largest absolute Gasteiger partial charge is 0.476 e. The van der Waals surface area contributed by atoms with Crippen LogP contribution in [0.3, 0.4) is 0 Å². The number of carboxylic acid groups (broad SMARTS) is 1. The Balaban J connectivity index is 2.03. The molecule has 0 atom stereocenters. The van der Waals surface area contributed by atoms with Gasteiger partial charge in [-0.2, -0.15) is 0 Å². The lowest BCUT2D eigenvalue weighted by Crippen LogP contribution is -2.41. The second kappa shape index (κ2) is 5.01. The van der Waals surface area contributed by atoms with Gasteiger partial charge in [-0.3, -0.25) is 0 Å². The lowest BCUT2D eigenvalue weighted by molar-refractivity contribution is 0.0691. The fraction of sp³-hybridized carbons (Fsp3) is 0.636. The molecule has 1 aliphatic heterocycles. The van der Waals surface area contributed by atoms with Gasteiger partial charge in [0.25, 0.3) is 0 Å². The number of carbonyl (C=O) groups is 1. The number of carboxylic acids is 1. The third-order valence-electron chi connectivity index (χ3n) is 3.25. The SMILES string of the molecule is CN1CCC(N(C)c2nc(C(=O)O)cs2)CC1. The van der Waals surface area contributed by atoms with E-state index in [1.54, 1.807) is 5.38 Å². The van der Waals surface area contributed by atoms with E-state index >= 15 is 0 Å². The number of anilines is 1. The van der Waals surface area contributed by atoms with Crippen molar-refractivity contribution in [1.29, 1.82) is 0 Å². The maximum Gasteiger partial charge on any atom is 0.355 e. The van der Waals surface area contributed by atoms with E-state index in [0.717, 1.165) is 31.1 Å². The Hall–Kier alpha value is -1.14. The summed E-state index contributed by atoms with van der Waals surface area (Å²) in [5, 5.41) is 11.2. The van der Waals surface area contributed by atoms with Crippen LogP contribution in [0, 0.1) is 0 Å². The van der Waals surface area contributed by atoms with E-state index < -0.39 is 5.97 Å². The molecule has 0 aromatic carbocycles. The molecule has 0 aliphatic carbocycles. The minimum absolute atomic E-state index is 0.143. The van der Waals surface area contributed by atoms with Gasteiger partial charge in [0, 0.05) is 18.5 Å². The number of piperidine rings is 1. The fourth-order valence-corrected chi connectivity index (χ4v) is 2.90. The molecule has 94 valence electrons. The van der Waals surface area contributed by atoms with E-state index in [-0.39, 0.29) is 5.69 Å². The zero-order valence-electron chi connectivity index (χ0n) is 10.1. The number of hydrogen-bond donors (Lipinski definition) is 1. The molecule has 0 radical (unpaired) electrons. The minimum atomic E-state index is -0.954. The number of likely N-dealkylation sites (tertiary alicyclic amines) is 1. The number of nitrogens with zero attached hydrogens (tertiary/aromatic N) is 3. The lowest BCUT2D eigenvalue weighted by Gasteiger charge is -2.34. The highest BCUT2D eigenvalue weighted by atomic mass is 32.1. The summed E-state index contributed by atoms with van der Waals surface area (Å²) < 4.78 is 0. The molecular formula is C11H17N3O2S. The van der Waals surface area contributed by atoms with Crippen molar-refractivity contribution in [2.75, 3.05) is 32.1 Å². The van der Waals surface area contributed by atoms with Crippen LogP contribution in [-0.4, -0.2) is 54.2 Å². The second-order valence-corrected chi connectivity index (χ2v) is 5.30. The summed E-state index contributed by atoms with van der Waals surface area (Å²) in [5.74, 6) is -0.954. The lowest BCUT2D eigenvalue weighted by atomic mass is 10.0. The van der Waals surface area contributed by atoms with E-state index in [0.29, 0.717) is 6.04 Å². The topological polar surface area (TPSA) is 56.7 Å². The van der Waals surface area contributed by atoms with Crippen LogP contribution in [0.15, 0.2) is 5.38 Å². The summed E-state index contributed by atoms with van der Waals surface area (Å²) in [5.41, 5.74) is 0.143. The van der Waals surface area contributed by atoms with Gasteiger partial charge in [0.15, 0.2) is 10.8 Å². The Labute approximate surface area is 105 Å². The highest BCUT2D eigenvalue weighted by Gasteiger charge is 2.23. The molecule has 0 saturated carbocycles. The molecule has 1 N–H and O–H groups in total. The number of aromatic nitrogens is 1. The molecule has 2 rings (SSSR count). The van der Waals surface area contributed by atoms with E-state index in [1.807, 2.05) is 7.05 Å². The van der Waals surface area contributed by atoms with Crippen LogP contribution >= 0.6 is 11.3 Å². The quantitative estimate of drug-likeness (QED) is 0.884. The van der Waals surface area contributed by atoms with Gasteiger partial charge in [0.2, 0.25) is 0 Å². The summed E-state index contributed by atoms with van der Waals surface area (Å²) in [6.45, 7) is 2.18. The predicted octanol–water partition coefficient (Wildman–Crippen LogP) is 1.37. The summed E-state index contributed by atoms with van der Waals surface area (Å²) in [6.07, 6.45) is 2.21. The number of hydrogen-bond acceptors (Lipinski definition) is 5. The van der Waals surface area contributed by atoms with Crippen molar-refractivity contribution < 1.29 is 9.90 Å². The Kier molecular flexibility index (Phi) is 3.63. The molecule has 1 aromatic rings. The summed E-state index contributed by atoms with van der Waals surface area (Å²) in [4.78, 5) is 19.3. The molecule has 0 unspecified atom stereocenters. The van der Waals surface area contributed by atoms with E-state index in [9.17, 15) is 4.79 Å². The van der Waals surface area contributed by atoms with Gasteiger partial charge < -0.3 is 14.9 Å². The third-order valence-corrected chi connectivity index (χ3v) is 4.18. The zero-order valence-corrected chi connectivity index (χ0v) is 10.9. The molecule has 1 aliphatic rings. The molecule has 5 nitrogen and oxygen atoms in total. The Morgan fingerprint density at radius 1 is 1.59 bits per heavy atom. The first-order valence-corrected chi connectivity index (χ1v) is 6.56. The highest BCUT2D eigenvalue weighted by Crippen LogP contribution is 2.25. The Morgan fingerprint density at radius 2 is 2.24 bits per heavy atom. The van der Waals surface area contributed by atoms with E-state index in [1.165, 1.54) is 11.3 Å². The van der Waals surface area contributed by atoms with Gasteiger partial charge in [-0.05, 0) is 33.0 Å². The standard InChI is InChI=1S/C11H17N3O2S/c1-13-5-3-8(4-6-13)14(2)11-12-9(7-17-11)10(15)16/h7-8H,3-6H2,1-2H3,(H,15,16). The smallest absolute Gasteiger partial charge is 0.355 e. The Morgan fingerprint density at radius 3 is 2.76 bits per heavy atom. The maximum atomic E-state index is 10.8. The predicted molar refractivity (Wildman–Crippen MR) is 68.0 cm³/mol. The van der Waals surface area contributed by atoms with Crippen molar-refractivity contribution in [3.63, 3.8) is 0 Å². The monoisotopic (exact) mass is 255 g/mol. The highest BCUT2D eigenvalue weighted by molar-refractivity contribution is 7.13. The first-order valence-electron chi connectivity index (χ1n) is 5.68. The number of rotatable bonds is 3. The molecule has 1 aromatic heterocycles. The van der Waals surface area contributed by atoms with Crippen molar-refractivity contribution in [2.24, 2.45) is 0 Å². The van der Waals surface area contributed by atoms with Crippen LogP contribution in [0.4, 0.5) is 5.13 Å². The average molecular weight is 255 g/mol. The van der Waals surface area contributed by atoms with Crippen molar-refractivity contribution >= 4 is 22.4 Å². The second-order valence-electron chi connectivity index (χ2n) is 4.47. The molecule has 2 heterocycles. The van der Waals surface area contributed by atoms with Gasteiger partial charge in [-0.1, -0.05) is 0 Å². The maximum absolute atomic E-state index is 10.8. The van der Waals surface area contributed by atoms with Gasteiger partial charge in [-0.25, -0.2) is 9.78 Å². The van der Waals surface area contributed by atoms with Gasteiger partial charge in [0.1, 0.15) is 0 Å². The first-order chi connectivity index (χ1) is 8.08. The van der Waals surface area contributed by atoms with Gasteiger partial charge in [-0.15, -0.1) is 11.3 Å². The third kappa shape index (κ3) is 2.76. The molecule has 6 heteroatoms. The van der Waals surface area contributed by atoms with Crippen molar-refractivity contribution in [1.82, 2.24) is 9.88 Å². The average Bonchev–Trinajstić information content (AvgIpc) is 2.78. The van der Waals surface area contributed by atoms with Crippen LogP contribution < -0.4 is 4.90 Å². The summed E-state index contributed by atoms with van der Waals surface area (Å²) >= 11 is 1.40. The van der Waals surface area contributed by atoms with Crippen LogP contribution in [-0.2, 0) is 0 Å². The summed E-state index contributed by atoms with van der Waals surface area (Å²) in [6, 6.07) is 0.471. The Bertz CT molecular complexity index is 399. The van der Waals surface area contributed by atoms with E-state index in [4.69, 9.17) is 5.11 Å². The normalized spacial score (nSPS) is 18.2. The van der Waals surface area contributed by atoms with Crippen molar-refractivity contribution in [3.8, 4) is 0 Å². The van der Waals surface area contributed by atoms with Gasteiger partial charge in [0.05, 0.1) is 0 Å². The molecule has 1 fully saturated rings. The van der Waals surface area contributed by atoms with Crippen LogP contribution in [0.5, 0.6) is 0 Å². The molecule has 0 amide bonds. The van der Waals surface area contributed by atoms with Crippen LogP contribution in [0.2, 0.25) is 0 Å². The summed E-state index contributed by atoms with van der Waals surface area (Å²) in [7, 11) is 4.13.